The van der Waals surface area contributed by atoms with Crippen molar-refractivity contribution in [2.45, 2.75) is 44.2 Å². The minimum atomic E-state index is -0.339. The van der Waals surface area contributed by atoms with E-state index in [0.29, 0.717) is 5.69 Å². The van der Waals surface area contributed by atoms with Crippen molar-refractivity contribution in [3.63, 3.8) is 0 Å². The topological polar surface area (TPSA) is 23.6 Å². The van der Waals surface area contributed by atoms with E-state index < -0.39 is 0 Å². The lowest BCUT2D eigenvalue weighted by atomic mass is 9.61. The third kappa shape index (κ3) is 2.61. The van der Waals surface area contributed by atoms with Crippen molar-refractivity contribution in [3.8, 4) is 0 Å². The number of hydrogen-bond acceptors (Lipinski definition) is 2. The molecule has 27 heavy (non-hydrogen) atoms. The van der Waals surface area contributed by atoms with Crippen LogP contribution in [0.2, 0.25) is 0 Å². The summed E-state index contributed by atoms with van der Waals surface area (Å²) < 4.78 is 13.8. The van der Waals surface area contributed by atoms with Crippen LogP contribution in [0.25, 0.3) is 0 Å². The van der Waals surface area contributed by atoms with E-state index in [4.69, 9.17) is 0 Å². The first-order valence-electron chi connectivity index (χ1n) is 10.1. The molecule has 2 saturated heterocycles. The lowest BCUT2D eigenvalue weighted by Gasteiger charge is -2.59. The van der Waals surface area contributed by atoms with E-state index >= 15 is 0 Å². The molecule has 0 aromatic heterocycles. The van der Waals surface area contributed by atoms with Gasteiger partial charge in [-0.1, -0.05) is 42.8 Å². The average molecular weight is 364 g/mol. The fraction of sp³-hybridized carbons (Fsp3) is 0.435. The number of piperidine rings is 1. The minimum absolute atomic E-state index is 0.00320. The Kier molecular flexibility index (Phi) is 4.05. The first kappa shape index (κ1) is 16.9. The molecule has 2 aromatic carbocycles. The summed E-state index contributed by atoms with van der Waals surface area (Å²) in [6.07, 6.45) is 5.74. The van der Waals surface area contributed by atoms with Gasteiger partial charge in [0.2, 0.25) is 5.91 Å². The molecule has 4 heteroatoms. The van der Waals surface area contributed by atoms with Gasteiger partial charge in [-0.05, 0) is 62.5 Å². The van der Waals surface area contributed by atoms with Gasteiger partial charge in [-0.25, -0.2) is 4.39 Å². The zero-order valence-electron chi connectivity index (χ0n) is 15.5. The zero-order chi connectivity index (χ0) is 18.4. The second-order valence-electron chi connectivity index (χ2n) is 8.25. The van der Waals surface area contributed by atoms with Gasteiger partial charge in [-0.15, -0.1) is 0 Å². The highest BCUT2D eigenvalue weighted by molar-refractivity contribution is 6.06. The van der Waals surface area contributed by atoms with Crippen molar-refractivity contribution in [1.82, 2.24) is 4.90 Å². The normalized spacial score (nSPS) is 25.3. The molecule has 3 fully saturated rings. The molecule has 1 amide bonds. The van der Waals surface area contributed by atoms with Gasteiger partial charge in [0.05, 0.1) is 11.5 Å². The highest BCUT2D eigenvalue weighted by atomic mass is 19.1. The summed E-state index contributed by atoms with van der Waals surface area (Å²) in [5.74, 6) is -0.136. The summed E-state index contributed by atoms with van der Waals surface area (Å²) in [6.45, 7) is 1.99. The lowest BCUT2D eigenvalue weighted by Crippen LogP contribution is -2.67. The summed E-state index contributed by atoms with van der Waals surface area (Å²) >= 11 is 0. The zero-order valence-corrected chi connectivity index (χ0v) is 15.5. The average Bonchev–Trinajstić information content (AvgIpc) is 2.65. The van der Waals surface area contributed by atoms with Gasteiger partial charge in [0.25, 0.3) is 0 Å². The number of amides is 1. The van der Waals surface area contributed by atoms with E-state index in [1.807, 2.05) is 29.2 Å². The smallest absolute Gasteiger partial charge is 0.236 e. The number of carbonyl (C=O) groups is 1. The Hall–Kier alpha value is -2.20. The Morgan fingerprint density at radius 2 is 1.70 bits per heavy atom. The first-order valence-corrected chi connectivity index (χ1v) is 10.1. The molecule has 1 saturated carbocycles. The minimum Gasteiger partial charge on any atom is -0.303 e. The van der Waals surface area contributed by atoms with Crippen molar-refractivity contribution in [2.24, 2.45) is 5.41 Å². The summed E-state index contributed by atoms with van der Waals surface area (Å²) in [6, 6.07) is 17.4. The molecule has 1 atom stereocenters. The SMILES string of the molecule is O=C1N(c2cccc(F)c2)C(c2ccccc2)C12CCN(C1CCC1)CC2. The van der Waals surface area contributed by atoms with Crippen LogP contribution >= 0.6 is 0 Å². The van der Waals surface area contributed by atoms with E-state index in [1.165, 1.54) is 31.4 Å². The molecule has 5 rings (SSSR count). The first-order chi connectivity index (χ1) is 13.2. The van der Waals surface area contributed by atoms with Crippen LogP contribution in [0.3, 0.4) is 0 Å². The summed E-state index contributed by atoms with van der Waals surface area (Å²) in [5.41, 5.74) is 1.48. The Bertz CT molecular complexity index is 840. The van der Waals surface area contributed by atoms with Crippen molar-refractivity contribution < 1.29 is 9.18 Å². The van der Waals surface area contributed by atoms with Crippen molar-refractivity contribution in [1.29, 1.82) is 0 Å². The van der Waals surface area contributed by atoms with E-state index in [2.05, 4.69) is 17.0 Å². The van der Waals surface area contributed by atoms with Gasteiger partial charge in [-0.2, -0.15) is 0 Å². The Morgan fingerprint density at radius 3 is 2.33 bits per heavy atom. The maximum atomic E-state index is 13.8. The predicted molar refractivity (Wildman–Crippen MR) is 104 cm³/mol. The van der Waals surface area contributed by atoms with Gasteiger partial charge in [-0.3, -0.25) is 4.79 Å². The van der Waals surface area contributed by atoms with Crippen molar-refractivity contribution >= 4 is 11.6 Å². The maximum Gasteiger partial charge on any atom is 0.236 e. The van der Waals surface area contributed by atoms with Crippen molar-refractivity contribution in [3.05, 3.63) is 66.0 Å². The van der Waals surface area contributed by atoms with Crippen molar-refractivity contribution in [2.75, 3.05) is 18.0 Å². The number of nitrogens with zero attached hydrogens (tertiary/aromatic N) is 2. The highest BCUT2D eigenvalue weighted by Gasteiger charge is 2.62. The number of rotatable bonds is 3. The summed E-state index contributed by atoms with van der Waals surface area (Å²) in [4.78, 5) is 17.8. The Morgan fingerprint density at radius 1 is 0.963 bits per heavy atom. The third-order valence-electron chi connectivity index (χ3n) is 6.91. The lowest BCUT2D eigenvalue weighted by molar-refractivity contribution is -0.145. The highest BCUT2D eigenvalue weighted by Crippen LogP contribution is 2.57. The number of carbonyl (C=O) groups excluding carboxylic acids is 1. The summed E-state index contributed by atoms with van der Waals surface area (Å²) in [5, 5.41) is 0. The van der Waals surface area contributed by atoms with Crippen LogP contribution in [-0.4, -0.2) is 29.9 Å². The monoisotopic (exact) mass is 364 g/mol. The molecular formula is C23H25FN2O. The quantitative estimate of drug-likeness (QED) is 0.746. The molecule has 2 aliphatic heterocycles. The molecule has 3 nitrogen and oxygen atoms in total. The number of likely N-dealkylation sites (tertiary alicyclic amines) is 1. The van der Waals surface area contributed by atoms with Crippen LogP contribution in [0.1, 0.15) is 43.7 Å². The van der Waals surface area contributed by atoms with Crippen LogP contribution in [0.15, 0.2) is 54.6 Å². The van der Waals surface area contributed by atoms with E-state index in [9.17, 15) is 9.18 Å². The number of benzene rings is 2. The number of anilines is 1. The standard InChI is InChI=1S/C23H25FN2O/c24-18-8-4-11-20(16-18)26-21(17-6-2-1-3-7-17)23(22(26)27)12-14-25(15-13-23)19-9-5-10-19/h1-4,6-8,11,16,19,21H,5,9-10,12-15H2. The molecule has 1 aliphatic carbocycles. The Labute approximate surface area is 159 Å². The Balaban J connectivity index is 1.47. The largest absolute Gasteiger partial charge is 0.303 e. The van der Waals surface area contributed by atoms with Gasteiger partial charge in [0.15, 0.2) is 0 Å². The third-order valence-corrected chi connectivity index (χ3v) is 6.91. The van der Waals surface area contributed by atoms with E-state index in [0.717, 1.165) is 37.5 Å². The molecule has 3 aliphatic rings. The van der Waals surface area contributed by atoms with Crippen LogP contribution < -0.4 is 4.90 Å². The second-order valence-corrected chi connectivity index (χ2v) is 8.25. The molecule has 0 radical (unpaired) electrons. The van der Waals surface area contributed by atoms with Crippen LogP contribution in [-0.2, 0) is 4.79 Å². The van der Waals surface area contributed by atoms with E-state index in [-0.39, 0.29) is 23.2 Å². The second kappa shape index (κ2) is 6.45. The van der Waals surface area contributed by atoms with Gasteiger partial charge >= 0.3 is 0 Å². The maximum absolute atomic E-state index is 13.8. The fourth-order valence-corrected chi connectivity index (χ4v) is 5.18. The summed E-state index contributed by atoms with van der Waals surface area (Å²) in [7, 11) is 0. The molecular weight excluding hydrogens is 339 g/mol. The van der Waals surface area contributed by atoms with Crippen LogP contribution in [0.4, 0.5) is 10.1 Å². The van der Waals surface area contributed by atoms with Crippen LogP contribution in [0.5, 0.6) is 0 Å². The van der Waals surface area contributed by atoms with Gasteiger partial charge in [0.1, 0.15) is 5.82 Å². The molecule has 140 valence electrons. The molecule has 1 spiro atoms. The molecule has 0 N–H and O–H groups in total. The van der Waals surface area contributed by atoms with E-state index in [1.54, 1.807) is 6.07 Å². The number of halogens is 1. The van der Waals surface area contributed by atoms with Gasteiger partial charge < -0.3 is 9.80 Å². The number of β-lactam (4-membered cyclic amide) rings is 1. The molecule has 1 unspecified atom stereocenters. The molecule has 0 bridgehead atoms. The fourth-order valence-electron chi connectivity index (χ4n) is 5.18. The molecule has 2 heterocycles. The van der Waals surface area contributed by atoms with Gasteiger partial charge in [0, 0.05) is 11.7 Å². The van der Waals surface area contributed by atoms with Crippen LogP contribution in [0, 0.1) is 11.2 Å². The molecule has 2 aromatic rings. The predicted octanol–water partition coefficient (Wildman–Crippen LogP) is 4.55. The number of hydrogen-bond donors (Lipinski definition) is 0.